The highest BCUT2D eigenvalue weighted by Crippen LogP contribution is 2.47. The van der Waals surface area contributed by atoms with Crippen LogP contribution in [0.2, 0.25) is 0 Å². The summed E-state index contributed by atoms with van der Waals surface area (Å²) in [5, 5.41) is 18.8. The van der Waals surface area contributed by atoms with Crippen molar-refractivity contribution in [2.24, 2.45) is 5.92 Å². The highest BCUT2D eigenvalue weighted by atomic mass is 16.7. The van der Waals surface area contributed by atoms with Gasteiger partial charge in [0.1, 0.15) is 12.2 Å². The van der Waals surface area contributed by atoms with Gasteiger partial charge in [-0.15, -0.1) is 0 Å². The van der Waals surface area contributed by atoms with E-state index in [2.05, 4.69) is 0 Å². The van der Waals surface area contributed by atoms with Gasteiger partial charge in [-0.25, -0.2) is 0 Å². The largest absolute Gasteiger partial charge is 0.388 e. The van der Waals surface area contributed by atoms with Crippen molar-refractivity contribution in [3.8, 4) is 0 Å². The van der Waals surface area contributed by atoms with Crippen LogP contribution in [0.15, 0.2) is 0 Å². The Morgan fingerprint density at radius 3 is 2.55 bits per heavy atom. The van der Waals surface area contributed by atoms with E-state index >= 15 is 0 Å². The second-order valence-corrected chi connectivity index (χ2v) is 3.52. The van der Waals surface area contributed by atoms with Gasteiger partial charge in [0.25, 0.3) is 0 Å². The summed E-state index contributed by atoms with van der Waals surface area (Å²) < 4.78 is 10.5. The van der Waals surface area contributed by atoms with Crippen molar-refractivity contribution < 1.29 is 19.7 Å². The Hall–Kier alpha value is -0.160. The normalized spacial score (nSPS) is 66.0. The average molecular weight is 158 g/mol. The second-order valence-electron chi connectivity index (χ2n) is 3.52. The summed E-state index contributed by atoms with van der Waals surface area (Å²) in [6, 6.07) is 0. The van der Waals surface area contributed by atoms with Crippen LogP contribution in [0.3, 0.4) is 0 Å². The minimum atomic E-state index is -0.716. The first-order valence-electron chi connectivity index (χ1n) is 3.94. The third-order valence-corrected chi connectivity index (χ3v) is 2.96. The monoisotopic (exact) mass is 158 g/mol. The fourth-order valence-electron chi connectivity index (χ4n) is 2.41. The summed E-state index contributed by atoms with van der Waals surface area (Å²) in [4.78, 5) is 0. The standard InChI is InChI=1S/C7H10O4/c8-4-3-1-2-5(10-3)6(4)11-7(2)9/h2-9H,1H2/t2-,3-,4-,5+,6+,7?/m0/s1. The van der Waals surface area contributed by atoms with E-state index in [9.17, 15) is 10.2 Å². The molecule has 3 aliphatic heterocycles. The van der Waals surface area contributed by atoms with Crippen LogP contribution in [-0.2, 0) is 9.47 Å². The van der Waals surface area contributed by atoms with Gasteiger partial charge in [-0.2, -0.15) is 0 Å². The highest BCUT2D eigenvalue weighted by Gasteiger charge is 2.61. The van der Waals surface area contributed by atoms with E-state index in [0.29, 0.717) is 0 Å². The van der Waals surface area contributed by atoms with Gasteiger partial charge in [0, 0.05) is 5.92 Å². The maximum Gasteiger partial charge on any atom is 0.160 e. The zero-order valence-electron chi connectivity index (χ0n) is 5.88. The SMILES string of the molecule is OC1O[C@@H]2[C@@H](O)[C@@H]3C[C@H]1[C@H]2O3. The van der Waals surface area contributed by atoms with Crippen molar-refractivity contribution in [2.45, 2.75) is 37.1 Å². The van der Waals surface area contributed by atoms with Gasteiger partial charge in [0.15, 0.2) is 6.29 Å². The number of hydrogen-bond donors (Lipinski definition) is 2. The lowest BCUT2D eigenvalue weighted by Gasteiger charge is -2.16. The molecule has 4 nitrogen and oxygen atoms in total. The van der Waals surface area contributed by atoms with E-state index in [4.69, 9.17) is 9.47 Å². The van der Waals surface area contributed by atoms with Crippen molar-refractivity contribution in [2.75, 3.05) is 0 Å². The predicted molar refractivity (Wildman–Crippen MR) is 33.7 cm³/mol. The third kappa shape index (κ3) is 0.597. The van der Waals surface area contributed by atoms with E-state index in [0.717, 1.165) is 6.42 Å². The molecule has 2 bridgehead atoms. The van der Waals surface area contributed by atoms with Crippen LogP contribution in [0.1, 0.15) is 6.42 Å². The Morgan fingerprint density at radius 1 is 1.09 bits per heavy atom. The molecule has 0 radical (unpaired) electrons. The minimum absolute atomic E-state index is 0.0509. The molecule has 2 N–H and O–H groups in total. The van der Waals surface area contributed by atoms with Crippen molar-refractivity contribution in [1.82, 2.24) is 0 Å². The Morgan fingerprint density at radius 2 is 1.91 bits per heavy atom. The number of aliphatic hydroxyl groups is 2. The van der Waals surface area contributed by atoms with Crippen LogP contribution < -0.4 is 0 Å². The van der Waals surface area contributed by atoms with Crippen LogP contribution >= 0.6 is 0 Å². The number of aliphatic hydroxyl groups excluding tert-OH is 2. The molecule has 0 aromatic heterocycles. The Kier molecular flexibility index (Phi) is 1.02. The molecule has 4 heteroatoms. The summed E-state index contributed by atoms with van der Waals surface area (Å²) in [6.45, 7) is 0. The van der Waals surface area contributed by atoms with E-state index in [1.807, 2.05) is 0 Å². The molecule has 0 spiro atoms. The van der Waals surface area contributed by atoms with Crippen LogP contribution in [0.25, 0.3) is 0 Å². The van der Waals surface area contributed by atoms with Gasteiger partial charge < -0.3 is 19.7 Å². The summed E-state index contributed by atoms with van der Waals surface area (Å²) in [7, 11) is 0. The molecule has 0 aromatic carbocycles. The number of rotatable bonds is 0. The first-order valence-corrected chi connectivity index (χ1v) is 3.94. The molecule has 3 heterocycles. The van der Waals surface area contributed by atoms with E-state index in [-0.39, 0.29) is 24.2 Å². The van der Waals surface area contributed by atoms with Gasteiger partial charge in [-0.1, -0.05) is 0 Å². The molecule has 11 heavy (non-hydrogen) atoms. The molecule has 0 aromatic rings. The molecule has 0 amide bonds. The lowest BCUT2D eigenvalue weighted by molar-refractivity contribution is -0.119. The smallest absolute Gasteiger partial charge is 0.160 e. The predicted octanol–water partition coefficient (Wildman–Crippen LogP) is -1.15. The molecule has 1 unspecified atom stereocenters. The second kappa shape index (κ2) is 1.77. The number of ether oxygens (including phenoxy) is 2. The molecule has 0 aliphatic carbocycles. The van der Waals surface area contributed by atoms with Crippen molar-refractivity contribution >= 4 is 0 Å². The molecule has 0 saturated carbocycles. The molecular formula is C7H10O4. The molecule has 3 aliphatic rings. The maximum atomic E-state index is 9.46. The molecule has 3 rings (SSSR count). The van der Waals surface area contributed by atoms with E-state index in [1.54, 1.807) is 0 Å². The van der Waals surface area contributed by atoms with E-state index < -0.39 is 12.4 Å². The summed E-state index contributed by atoms with van der Waals surface area (Å²) >= 11 is 0. The van der Waals surface area contributed by atoms with Gasteiger partial charge in [0.2, 0.25) is 0 Å². The summed E-state index contributed by atoms with van der Waals surface area (Å²) in [6.07, 6.45) is -0.907. The fourth-order valence-corrected chi connectivity index (χ4v) is 2.41. The van der Waals surface area contributed by atoms with Gasteiger partial charge in [-0.05, 0) is 6.42 Å². The highest BCUT2D eigenvalue weighted by molar-refractivity contribution is 5.07. The van der Waals surface area contributed by atoms with Crippen molar-refractivity contribution in [3.63, 3.8) is 0 Å². The Labute approximate surface area is 63.7 Å². The molecule has 62 valence electrons. The lowest BCUT2D eigenvalue weighted by atomic mass is 9.88. The molecular weight excluding hydrogens is 148 g/mol. The van der Waals surface area contributed by atoms with Crippen LogP contribution in [0.4, 0.5) is 0 Å². The maximum absolute atomic E-state index is 9.46. The zero-order valence-corrected chi connectivity index (χ0v) is 5.88. The van der Waals surface area contributed by atoms with Crippen LogP contribution in [-0.4, -0.2) is 40.9 Å². The quantitative estimate of drug-likeness (QED) is 0.467. The zero-order chi connectivity index (χ0) is 7.59. The summed E-state index contributed by atoms with van der Waals surface area (Å²) in [5.41, 5.74) is 0. The average Bonchev–Trinajstić information content (AvgIpc) is 2.53. The first kappa shape index (κ1) is 6.37. The Bertz CT molecular complexity index is 195. The summed E-state index contributed by atoms with van der Waals surface area (Å²) in [5.74, 6) is 0.105. The van der Waals surface area contributed by atoms with Crippen LogP contribution in [0.5, 0.6) is 0 Å². The van der Waals surface area contributed by atoms with Gasteiger partial charge in [0.05, 0.1) is 12.2 Å². The van der Waals surface area contributed by atoms with E-state index in [1.165, 1.54) is 0 Å². The van der Waals surface area contributed by atoms with Crippen molar-refractivity contribution in [3.05, 3.63) is 0 Å². The fraction of sp³-hybridized carbons (Fsp3) is 1.00. The third-order valence-electron chi connectivity index (χ3n) is 2.96. The number of fused-ring (bicyclic) bond motifs is 1. The topological polar surface area (TPSA) is 58.9 Å². The number of hydrogen-bond acceptors (Lipinski definition) is 4. The van der Waals surface area contributed by atoms with Crippen LogP contribution in [0, 0.1) is 5.92 Å². The molecule has 6 atom stereocenters. The van der Waals surface area contributed by atoms with Gasteiger partial charge in [-0.3, -0.25) is 0 Å². The minimum Gasteiger partial charge on any atom is -0.388 e. The molecule has 3 saturated heterocycles. The molecule has 3 fully saturated rings. The lowest BCUT2D eigenvalue weighted by Crippen LogP contribution is -2.36. The van der Waals surface area contributed by atoms with Gasteiger partial charge >= 0.3 is 0 Å². The van der Waals surface area contributed by atoms with Crippen molar-refractivity contribution in [1.29, 1.82) is 0 Å². The Balaban J connectivity index is 1.98. The first-order chi connectivity index (χ1) is 5.27.